The van der Waals surface area contributed by atoms with Crippen LogP contribution in [0, 0.1) is 0 Å². The van der Waals surface area contributed by atoms with Crippen LogP contribution in [0.2, 0.25) is 0 Å². The Kier molecular flexibility index (Phi) is 3.37. The summed E-state index contributed by atoms with van der Waals surface area (Å²) in [7, 11) is 0. The van der Waals surface area contributed by atoms with E-state index in [9.17, 15) is 0 Å². The summed E-state index contributed by atoms with van der Waals surface area (Å²) in [6.07, 6.45) is 4.66. The smallest absolute Gasteiger partial charge is 0.0974 e. The summed E-state index contributed by atoms with van der Waals surface area (Å²) < 4.78 is 0. The Morgan fingerprint density at radius 3 is 2.78 bits per heavy atom. The minimum absolute atomic E-state index is 0.378. The molecule has 0 saturated heterocycles. The predicted molar refractivity (Wildman–Crippen MR) is 75.3 cm³/mol. The summed E-state index contributed by atoms with van der Waals surface area (Å²) in [5.74, 6) is 1.51. The molecule has 1 aliphatic rings. The molecule has 0 saturated carbocycles. The van der Waals surface area contributed by atoms with Gasteiger partial charge < -0.3 is 5.32 Å². The SMILES string of the molecule is c1cc([C@@H](CC2=NCCN2)c2ccsc2)ccn1. The molecule has 1 aliphatic heterocycles. The van der Waals surface area contributed by atoms with Gasteiger partial charge in [-0.25, -0.2) is 0 Å². The second-order valence-corrected chi connectivity index (χ2v) is 5.13. The molecule has 0 amide bonds. The van der Waals surface area contributed by atoms with Gasteiger partial charge in [0.15, 0.2) is 0 Å². The Labute approximate surface area is 111 Å². The van der Waals surface area contributed by atoms with E-state index >= 15 is 0 Å². The number of pyridine rings is 1. The van der Waals surface area contributed by atoms with E-state index < -0.39 is 0 Å². The highest BCUT2D eigenvalue weighted by atomic mass is 32.1. The van der Waals surface area contributed by atoms with Crippen LogP contribution in [-0.2, 0) is 0 Å². The summed E-state index contributed by atoms with van der Waals surface area (Å²) in [4.78, 5) is 8.60. The quantitative estimate of drug-likeness (QED) is 0.914. The molecule has 18 heavy (non-hydrogen) atoms. The van der Waals surface area contributed by atoms with E-state index in [2.05, 4.69) is 44.3 Å². The van der Waals surface area contributed by atoms with Crippen molar-refractivity contribution in [3.63, 3.8) is 0 Å². The Bertz CT molecular complexity index is 519. The molecule has 0 aromatic carbocycles. The first-order chi connectivity index (χ1) is 8.93. The number of amidine groups is 1. The molecule has 0 bridgehead atoms. The molecule has 2 aromatic rings. The zero-order chi connectivity index (χ0) is 12.2. The fraction of sp³-hybridized carbons (Fsp3) is 0.286. The van der Waals surface area contributed by atoms with E-state index in [4.69, 9.17) is 0 Å². The maximum atomic E-state index is 4.50. The summed E-state index contributed by atoms with van der Waals surface area (Å²) in [6.45, 7) is 1.88. The molecular formula is C14H15N3S. The van der Waals surface area contributed by atoms with Crippen molar-refractivity contribution in [2.45, 2.75) is 12.3 Å². The Hall–Kier alpha value is -1.68. The lowest BCUT2D eigenvalue weighted by atomic mass is 9.90. The molecule has 1 atom stereocenters. The molecule has 0 radical (unpaired) electrons. The van der Waals surface area contributed by atoms with Crippen LogP contribution in [0.25, 0.3) is 0 Å². The topological polar surface area (TPSA) is 37.3 Å². The maximum absolute atomic E-state index is 4.50. The van der Waals surface area contributed by atoms with Gasteiger partial charge in [0, 0.05) is 31.3 Å². The number of hydrogen-bond donors (Lipinski definition) is 1. The third kappa shape index (κ3) is 2.43. The molecule has 4 heteroatoms. The lowest BCUT2D eigenvalue weighted by Gasteiger charge is -2.16. The van der Waals surface area contributed by atoms with Gasteiger partial charge >= 0.3 is 0 Å². The van der Waals surface area contributed by atoms with E-state index in [-0.39, 0.29) is 0 Å². The van der Waals surface area contributed by atoms with Crippen LogP contribution < -0.4 is 5.32 Å². The molecule has 3 nitrogen and oxygen atoms in total. The van der Waals surface area contributed by atoms with Crippen molar-refractivity contribution < 1.29 is 0 Å². The number of thiophene rings is 1. The summed E-state index contributed by atoms with van der Waals surface area (Å²) in [5.41, 5.74) is 2.67. The lowest BCUT2D eigenvalue weighted by Crippen LogP contribution is -2.21. The number of aliphatic imine (C=N–C) groups is 1. The minimum atomic E-state index is 0.378. The van der Waals surface area contributed by atoms with E-state index in [1.165, 1.54) is 11.1 Å². The van der Waals surface area contributed by atoms with Gasteiger partial charge in [-0.3, -0.25) is 9.98 Å². The molecule has 92 valence electrons. The average Bonchev–Trinajstić information content (AvgIpc) is 3.10. The highest BCUT2D eigenvalue weighted by Crippen LogP contribution is 2.29. The lowest BCUT2D eigenvalue weighted by molar-refractivity contribution is 0.835. The van der Waals surface area contributed by atoms with Crippen LogP contribution in [0.5, 0.6) is 0 Å². The highest BCUT2D eigenvalue weighted by Gasteiger charge is 2.18. The van der Waals surface area contributed by atoms with E-state index in [0.29, 0.717) is 5.92 Å². The normalized spacial score (nSPS) is 16.1. The van der Waals surface area contributed by atoms with Crippen LogP contribution >= 0.6 is 11.3 Å². The van der Waals surface area contributed by atoms with E-state index in [0.717, 1.165) is 25.3 Å². The first-order valence-corrected chi connectivity index (χ1v) is 7.07. The zero-order valence-electron chi connectivity index (χ0n) is 10.0. The Morgan fingerprint density at radius 2 is 2.11 bits per heavy atom. The van der Waals surface area contributed by atoms with Gasteiger partial charge in [0.05, 0.1) is 12.4 Å². The predicted octanol–water partition coefficient (Wildman–Crippen LogP) is 2.67. The van der Waals surface area contributed by atoms with Gasteiger partial charge in [-0.1, -0.05) is 0 Å². The van der Waals surface area contributed by atoms with Crippen molar-refractivity contribution in [1.29, 1.82) is 0 Å². The first kappa shape index (κ1) is 11.4. The summed E-state index contributed by atoms with van der Waals surface area (Å²) >= 11 is 1.74. The molecule has 0 aliphatic carbocycles. The Morgan fingerprint density at radius 1 is 1.22 bits per heavy atom. The summed E-state index contributed by atoms with van der Waals surface area (Å²) in [5, 5.41) is 7.71. The van der Waals surface area contributed by atoms with Crippen molar-refractivity contribution in [1.82, 2.24) is 10.3 Å². The van der Waals surface area contributed by atoms with Crippen LogP contribution in [-0.4, -0.2) is 23.9 Å². The van der Waals surface area contributed by atoms with Crippen molar-refractivity contribution in [3.05, 3.63) is 52.5 Å². The van der Waals surface area contributed by atoms with Gasteiger partial charge in [-0.05, 0) is 40.1 Å². The van der Waals surface area contributed by atoms with Crippen LogP contribution in [0.4, 0.5) is 0 Å². The average molecular weight is 257 g/mol. The molecule has 3 rings (SSSR count). The molecule has 0 fully saturated rings. The standard InChI is InChI=1S/C14H15N3S/c1-4-15-5-2-11(1)13(12-3-8-18-10-12)9-14-16-6-7-17-14/h1-5,8,10,13H,6-7,9H2,(H,16,17)/t13-/m1/s1. The third-order valence-electron chi connectivity index (χ3n) is 3.20. The van der Waals surface area contributed by atoms with Gasteiger partial charge in [-0.15, -0.1) is 0 Å². The highest BCUT2D eigenvalue weighted by molar-refractivity contribution is 7.08. The fourth-order valence-corrected chi connectivity index (χ4v) is 2.99. The van der Waals surface area contributed by atoms with Gasteiger partial charge in [-0.2, -0.15) is 11.3 Å². The van der Waals surface area contributed by atoms with E-state index in [1.54, 1.807) is 11.3 Å². The molecule has 0 unspecified atom stereocenters. The van der Waals surface area contributed by atoms with Gasteiger partial charge in [0.25, 0.3) is 0 Å². The van der Waals surface area contributed by atoms with Crippen LogP contribution in [0.15, 0.2) is 46.3 Å². The summed E-state index contributed by atoms with van der Waals surface area (Å²) in [6, 6.07) is 6.39. The number of nitrogens with one attached hydrogen (secondary N) is 1. The molecular weight excluding hydrogens is 242 g/mol. The number of aromatic nitrogens is 1. The fourth-order valence-electron chi connectivity index (χ4n) is 2.27. The third-order valence-corrected chi connectivity index (χ3v) is 3.90. The second-order valence-electron chi connectivity index (χ2n) is 4.35. The number of hydrogen-bond acceptors (Lipinski definition) is 4. The van der Waals surface area contributed by atoms with Crippen LogP contribution in [0.1, 0.15) is 23.5 Å². The molecule has 0 spiro atoms. The number of nitrogens with zero attached hydrogens (tertiary/aromatic N) is 2. The maximum Gasteiger partial charge on any atom is 0.0974 e. The zero-order valence-corrected chi connectivity index (χ0v) is 10.9. The molecule has 3 heterocycles. The Balaban J connectivity index is 1.89. The van der Waals surface area contributed by atoms with Crippen molar-refractivity contribution in [2.24, 2.45) is 4.99 Å². The minimum Gasteiger partial charge on any atom is -0.372 e. The second kappa shape index (κ2) is 5.31. The van der Waals surface area contributed by atoms with Crippen LogP contribution in [0.3, 0.4) is 0 Å². The monoisotopic (exact) mass is 257 g/mol. The first-order valence-electron chi connectivity index (χ1n) is 6.13. The van der Waals surface area contributed by atoms with Crippen molar-refractivity contribution >= 4 is 17.2 Å². The molecule has 1 N–H and O–H groups in total. The van der Waals surface area contributed by atoms with Gasteiger partial charge in [0.1, 0.15) is 0 Å². The van der Waals surface area contributed by atoms with Crippen molar-refractivity contribution in [2.75, 3.05) is 13.1 Å². The molecule has 2 aromatic heterocycles. The van der Waals surface area contributed by atoms with Crippen molar-refractivity contribution in [3.8, 4) is 0 Å². The largest absolute Gasteiger partial charge is 0.372 e. The van der Waals surface area contributed by atoms with E-state index in [1.807, 2.05) is 12.4 Å². The number of rotatable bonds is 4. The van der Waals surface area contributed by atoms with Gasteiger partial charge in [0.2, 0.25) is 0 Å².